The first kappa shape index (κ1) is 18.3. The molecule has 2 aromatic rings. The lowest BCUT2D eigenvalue weighted by Gasteiger charge is -2.18. The van der Waals surface area contributed by atoms with Crippen molar-refractivity contribution in [1.29, 1.82) is 0 Å². The summed E-state index contributed by atoms with van der Waals surface area (Å²) in [6, 6.07) is 1.90. The first-order valence-electron chi connectivity index (χ1n) is 8.46. The second-order valence-corrected chi connectivity index (χ2v) is 8.80. The fourth-order valence-corrected chi connectivity index (χ4v) is 5.39. The molecular weight excluding hydrogens is 385 g/mol. The van der Waals surface area contributed by atoms with Gasteiger partial charge in [-0.2, -0.15) is 17.5 Å². The maximum absolute atomic E-state index is 13.0. The number of hydrogen-bond acceptors (Lipinski definition) is 5. The summed E-state index contributed by atoms with van der Waals surface area (Å²) in [6.45, 7) is 2.32. The molecule has 0 saturated carbocycles. The molecule has 2 aromatic heterocycles. The number of hydrogen-bond donors (Lipinski definition) is 0. The second-order valence-electron chi connectivity index (χ2n) is 6.89. The Morgan fingerprint density at radius 1 is 1.15 bits per heavy atom. The van der Waals surface area contributed by atoms with Crippen molar-refractivity contribution in [2.24, 2.45) is 11.8 Å². The molecule has 0 bridgehead atoms. The van der Waals surface area contributed by atoms with Gasteiger partial charge in [-0.15, -0.1) is 0 Å². The van der Waals surface area contributed by atoms with Crippen molar-refractivity contribution in [2.75, 3.05) is 13.1 Å². The molecule has 0 N–H and O–H groups in total. The van der Waals surface area contributed by atoms with Crippen molar-refractivity contribution in [2.45, 2.75) is 30.8 Å². The Labute approximate surface area is 153 Å². The van der Waals surface area contributed by atoms with Crippen LogP contribution in [0.15, 0.2) is 38.1 Å². The average Bonchev–Trinajstić information content (AvgIpc) is 3.31. The number of rotatable bonds is 3. The molecule has 3 heterocycles. The first-order valence-corrected chi connectivity index (χ1v) is 9.90. The van der Waals surface area contributed by atoms with Crippen LogP contribution in [-0.4, -0.2) is 31.0 Å². The van der Waals surface area contributed by atoms with Crippen LogP contribution in [0, 0.1) is 18.8 Å². The van der Waals surface area contributed by atoms with E-state index < -0.39 is 22.0 Å². The largest absolute Gasteiger partial charge is 0.458 e. The SMILES string of the molecule is Cc1oc(-c2cc(C(F)(F)F)on2)cc1S(=O)(=O)N1C[C@H]2CC=CC[C@H]2C1. The predicted octanol–water partition coefficient (Wildman–Crippen LogP) is 3.85. The number of allylic oxidation sites excluding steroid dienone is 2. The van der Waals surface area contributed by atoms with Gasteiger partial charge in [0.25, 0.3) is 0 Å². The van der Waals surface area contributed by atoms with E-state index >= 15 is 0 Å². The summed E-state index contributed by atoms with van der Waals surface area (Å²) in [5.74, 6) is -0.659. The quantitative estimate of drug-likeness (QED) is 0.729. The Bertz CT molecular complexity index is 974. The lowest BCUT2D eigenvalue weighted by atomic mass is 9.86. The maximum Gasteiger partial charge on any atom is 0.452 e. The third kappa shape index (κ3) is 3.20. The molecule has 6 nitrogen and oxygen atoms in total. The zero-order valence-electron chi connectivity index (χ0n) is 14.4. The van der Waals surface area contributed by atoms with E-state index in [1.807, 2.05) is 0 Å². The highest BCUT2D eigenvalue weighted by atomic mass is 32.2. The summed E-state index contributed by atoms with van der Waals surface area (Å²) in [7, 11) is -3.81. The molecule has 0 amide bonds. The highest BCUT2D eigenvalue weighted by Crippen LogP contribution is 2.38. The van der Waals surface area contributed by atoms with Gasteiger partial charge in [-0.05, 0) is 31.6 Å². The summed E-state index contributed by atoms with van der Waals surface area (Å²) in [5, 5.41) is 3.34. The van der Waals surface area contributed by atoms with Crippen molar-refractivity contribution in [3.8, 4) is 11.5 Å². The van der Waals surface area contributed by atoms with Gasteiger partial charge in [0.05, 0.1) is 0 Å². The summed E-state index contributed by atoms with van der Waals surface area (Å²) in [4.78, 5) is -0.0549. The lowest BCUT2D eigenvalue weighted by Crippen LogP contribution is -2.29. The van der Waals surface area contributed by atoms with Crippen molar-refractivity contribution in [1.82, 2.24) is 9.46 Å². The van der Waals surface area contributed by atoms with Crippen LogP contribution in [-0.2, 0) is 16.2 Å². The van der Waals surface area contributed by atoms with Crippen molar-refractivity contribution in [3.05, 3.63) is 35.8 Å². The van der Waals surface area contributed by atoms with Crippen LogP contribution >= 0.6 is 0 Å². The van der Waals surface area contributed by atoms with Gasteiger partial charge >= 0.3 is 6.18 Å². The zero-order chi connectivity index (χ0) is 19.4. The van der Waals surface area contributed by atoms with E-state index in [1.54, 1.807) is 0 Å². The van der Waals surface area contributed by atoms with Crippen LogP contribution in [0.4, 0.5) is 13.2 Å². The van der Waals surface area contributed by atoms with Gasteiger partial charge in [-0.25, -0.2) is 8.42 Å². The molecule has 0 unspecified atom stereocenters. The second kappa shape index (κ2) is 6.23. The molecule has 27 heavy (non-hydrogen) atoms. The average molecular weight is 402 g/mol. The molecule has 1 fully saturated rings. The number of fused-ring (bicyclic) bond motifs is 1. The standard InChI is InChI=1S/C17H17F3N2O4S/c1-10-15(7-14(25-10)13-6-16(26-21-13)17(18,19)20)27(23,24)22-8-11-4-2-3-5-12(11)9-22/h2-3,6-7,11-12H,4-5,8-9H2,1H3/t11-,12+. The highest BCUT2D eigenvalue weighted by molar-refractivity contribution is 7.89. The maximum atomic E-state index is 13.0. The molecule has 0 spiro atoms. The minimum Gasteiger partial charge on any atom is -0.458 e. The van der Waals surface area contributed by atoms with Crippen LogP contribution in [0.3, 0.4) is 0 Å². The smallest absolute Gasteiger partial charge is 0.452 e. The van der Waals surface area contributed by atoms with Crippen molar-refractivity contribution in [3.63, 3.8) is 0 Å². The number of aryl methyl sites for hydroxylation is 1. The van der Waals surface area contributed by atoms with Crippen LogP contribution in [0.2, 0.25) is 0 Å². The number of halogens is 3. The van der Waals surface area contributed by atoms with E-state index in [2.05, 4.69) is 21.8 Å². The van der Waals surface area contributed by atoms with E-state index in [1.165, 1.54) is 17.3 Å². The Balaban J connectivity index is 1.62. The summed E-state index contributed by atoms with van der Waals surface area (Å²) < 4.78 is 75.2. The Kier molecular flexibility index (Phi) is 4.22. The van der Waals surface area contributed by atoms with Crippen molar-refractivity contribution < 1.29 is 30.5 Å². The highest BCUT2D eigenvalue weighted by Gasteiger charge is 2.41. The van der Waals surface area contributed by atoms with E-state index in [4.69, 9.17) is 4.42 Å². The molecule has 0 radical (unpaired) electrons. The van der Waals surface area contributed by atoms with Crippen LogP contribution in [0.1, 0.15) is 24.4 Å². The molecule has 1 aliphatic heterocycles. The molecule has 10 heteroatoms. The van der Waals surface area contributed by atoms with Gasteiger partial charge in [0.15, 0.2) is 5.76 Å². The van der Waals surface area contributed by atoms with Crippen LogP contribution in [0.25, 0.3) is 11.5 Å². The number of furan rings is 1. The fourth-order valence-electron chi connectivity index (χ4n) is 3.68. The van der Waals surface area contributed by atoms with Gasteiger partial charge in [0, 0.05) is 25.2 Å². The zero-order valence-corrected chi connectivity index (χ0v) is 15.2. The molecule has 2 atom stereocenters. The van der Waals surface area contributed by atoms with Gasteiger partial charge in [-0.1, -0.05) is 17.3 Å². The molecule has 146 valence electrons. The third-order valence-corrected chi connectivity index (χ3v) is 7.06. The number of aromatic nitrogens is 1. The van der Waals surface area contributed by atoms with Crippen LogP contribution < -0.4 is 0 Å². The molecule has 1 saturated heterocycles. The Hall–Kier alpha value is -2.07. The Morgan fingerprint density at radius 3 is 2.33 bits per heavy atom. The minimum atomic E-state index is -4.68. The normalized spacial score (nSPS) is 23.7. The number of alkyl halides is 3. The van der Waals surface area contributed by atoms with E-state index in [0.717, 1.165) is 12.8 Å². The third-order valence-electron chi connectivity index (χ3n) is 5.12. The summed E-state index contributed by atoms with van der Waals surface area (Å²) >= 11 is 0. The number of sulfonamides is 1. The first-order chi connectivity index (χ1) is 12.7. The summed E-state index contributed by atoms with van der Waals surface area (Å²) in [5.41, 5.74) is -0.203. The van der Waals surface area contributed by atoms with E-state index in [0.29, 0.717) is 31.0 Å². The van der Waals surface area contributed by atoms with Crippen LogP contribution in [0.5, 0.6) is 0 Å². The van der Waals surface area contributed by atoms with Gasteiger partial charge in [0.1, 0.15) is 16.3 Å². The topological polar surface area (TPSA) is 76.5 Å². The molecule has 1 aliphatic carbocycles. The predicted molar refractivity (Wildman–Crippen MR) is 88.1 cm³/mol. The summed E-state index contributed by atoms with van der Waals surface area (Å²) in [6.07, 6.45) is 1.17. The molecule has 0 aromatic carbocycles. The monoisotopic (exact) mass is 402 g/mol. The lowest BCUT2D eigenvalue weighted by molar-refractivity contribution is -0.155. The van der Waals surface area contributed by atoms with Gasteiger partial charge in [-0.3, -0.25) is 0 Å². The van der Waals surface area contributed by atoms with E-state index in [-0.39, 0.29) is 22.1 Å². The number of nitrogens with zero attached hydrogens (tertiary/aromatic N) is 2. The van der Waals surface area contributed by atoms with E-state index in [9.17, 15) is 21.6 Å². The van der Waals surface area contributed by atoms with Crippen molar-refractivity contribution >= 4 is 10.0 Å². The molecular formula is C17H17F3N2O4S. The molecule has 2 aliphatic rings. The minimum absolute atomic E-state index is 0.0549. The van der Waals surface area contributed by atoms with Gasteiger partial charge in [0.2, 0.25) is 15.8 Å². The fraction of sp³-hybridized carbons (Fsp3) is 0.471. The molecule has 4 rings (SSSR count). The van der Waals surface area contributed by atoms with Gasteiger partial charge < -0.3 is 8.94 Å². The Morgan fingerprint density at radius 2 is 1.78 bits per heavy atom.